The van der Waals surface area contributed by atoms with Crippen molar-refractivity contribution in [1.82, 2.24) is 5.32 Å². The van der Waals surface area contributed by atoms with E-state index in [0.29, 0.717) is 0 Å². The Morgan fingerprint density at radius 3 is 2.00 bits per heavy atom. The zero-order valence-electron chi connectivity index (χ0n) is 18.1. The van der Waals surface area contributed by atoms with Crippen LogP contribution in [0.1, 0.15) is 16.7 Å². The molecule has 4 aromatic rings. The number of carbonyl (C=O) groups excluding carboxylic acids is 1. The fraction of sp³-hybridized carbons (Fsp3) is 0.143. The van der Waals surface area contributed by atoms with Crippen LogP contribution < -0.4 is 10.2 Å². The molecular formula is C28H24N2O3. The summed E-state index contributed by atoms with van der Waals surface area (Å²) in [6, 6.07) is 27.9. The third-order valence-electron chi connectivity index (χ3n) is 6.18. The maximum absolute atomic E-state index is 13.5. The number of rotatable bonds is 4. The van der Waals surface area contributed by atoms with E-state index in [4.69, 9.17) is 0 Å². The molecule has 5 rings (SSSR count). The molecule has 0 saturated carbocycles. The van der Waals surface area contributed by atoms with Crippen LogP contribution >= 0.6 is 0 Å². The molecule has 4 aromatic carbocycles. The van der Waals surface area contributed by atoms with Gasteiger partial charge in [0, 0.05) is 6.42 Å². The minimum Gasteiger partial charge on any atom is -0.480 e. The number of nitrogens with zero attached hydrogens (tertiary/aromatic N) is 1. The molecule has 164 valence electrons. The summed E-state index contributed by atoms with van der Waals surface area (Å²) in [6.45, 7) is 0. The Morgan fingerprint density at radius 1 is 0.788 bits per heavy atom. The van der Waals surface area contributed by atoms with Crippen molar-refractivity contribution in [3.8, 4) is 0 Å². The van der Waals surface area contributed by atoms with Crippen molar-refractivity contribution >= 4 is 34.1 Å². The summed E-state index contributed by atoms with van der Waals surface area (Å²) in [6.07, 6.45) is 1.83. The lowest BCUT2D eigenvalue weighted by Gasteiger charge is -2.27. The average Bonchev–Trinajstić information content (AvgIpc) is 3.00. The number of amides is 2. The van der Waals surface area contributed by atoms with Crippen molar-refractivity contribution in [1.29, 1.82) is 0 Å². The first-order valence-corrected chi connectivity index (χ1v) is 11.1. The Hall–Kier alpha value is -4.12. The van der Waals surface area contributed by atoms with Crippen molar-refractivity contribution in [2.45, 2.75) is 25.3 Å². The van der Waals surface area contributed by atoms with E-state index in [1.807, 2.05) is 91.0 Å². The molecule has 33 heavy (non-hydrogen) atoms. The maximum atomic E-state index is 13.5. The normalized spacial score (nSPS) is 13.5. The zero-order valence-corrected chi connectivity index (χ0v) is 18.1. The fourth-order valence-corrected chi connectivity index (χ4v) is 4.51. The van der Waals surface area contributed by atoms with Gasteiger partial charge >= 0.3 is 12.0 Å². The van der Waals surface area contributed by atoms with Crippen LogP contribution in [0.15, 0.2) is 91.0 Å². The van der Waals surface area contributed by atoms with Gasteiger partial charge in [-0.15, -0.1) is 0 Å². The van der Waals surface area contributed by atoms with Crippen LogP contribution in [0.3, 0.4) is 0 Å². The predicted octanol–water partition coefficient (Wildman–Crippen LogP) is 5.48. The Morgan fingerprint density at radius 2 is 1.36 bits per heavy atom. The number of carboxylic acid groups (broad SMARTS) is 1. The topological polar surface area (TPSA) is 69.6 Å². The Labute approximate surface area is 192 Å². The molecule has 0 fully saturated rings. The predicted molar refractivity (Wildman–Crippen MR) is 130 cm³/mol. The molecule has 1 aliphatic heterocycles. The van der Waals surface area contributed by atoms with E-state index in [1.54, 1.807) is 4.90 Å². The summed E-state index contributed by atoms with van der Waals surface area (Å²) >= 11 is 0. The highest BCUT2D eigenvalue weighted by molar-refractivity contribution is 6.02. The van der Waals surface area contributed by atoms with Gasteiger partial charge in [-0.3, -0.25) is 4.90 Å². The molecule has 1 aliphatic rings. The van der Waals surface area contributed by atoms with Crippen LogP contribution in [0.4, 0.5) is 16.2 Å². The quantitative estimate of drug-likeness (QED) is 0.445. The first kappa shape index (κ1) is 20.8. The second kappa shape index (κ2) is 8.79. The van der Waals surface area contributed by atoms with Gasteiger partial charge in [0.05, 0.1) is 11.4 Å². The molecule has 1 atom stereocenters. The van der Waals surface area contributed by atoms with Gasteiger partial charge in [-0.2, -0.15) is 0 Å². The molecular weight excluding hydrogens is 412 g/mol. The summed E-state index contributed by atoms with van der Waals surface area (Å²) in [5.74, 6) is -1.06. The van der Waals surface area contributed by atoms with E-state index in [1.165, 1.54) is 0 Å². The van der Waals surface area contributed by atoms with Gasteiger partial charge in [0.1, 0.15) is 6.04 Å². The lowest BCUT2D eigenvalue weighted by Crippen LogP contribution is -2.47. The van der Waals surface area contributed by atoms with Gasteiger partial charge < -0.3 is 10.4 Å². The first-order chi connectivity index (χ1) is 16.1. The van der Waals surface area contributed by atoms with E-state index < -0.39 is 18.0 Å². The van der Waals surface area contributed by atoms with Gasteiger partial charge in [0.25, 0.3) is 0 Å². The molecule has 0 aliphatic carbocycles. The molecule has 0 saturated heterocycles. The van der Waals surface area contributed by atoms with E-state index in [2.05, 4.69) is 5.32 Å². The van der Waals surface area contributed by atoms with E-state index in [-0.39, 0.29) is 6.42 Å². The van der Waals surface area contributed by atoms with Gasteiger partial charge in [0.2, 0.25) is 0 Å². The average molecular weight is 437 g/mol. The van der Waals surface area contributed by atoms with Crippen LogP contribution in [0.2, 0.25) is 0 Å². The van der Waals surface area contributed by atoms with Crippen molar-refractivity contribution in [3.05, 3.63) is 108 Å². The molecule has 0 spiro atoms. The number of aryl methyl sites for hydroxylation is 2. The minimum atomic E-state index is -1.06. The van der Waals surface area contributed by atoms with Crippen molar-refractivity contribution < 1.29 is 14.7 Å². The summed E-state index contributed by atoms with van der Waals surface area (Å²) in [4.78, 5) is 27.3. The smallest absolute Gasteiger partial charge is 0.327 e. The number of hydrogen-bond acceptors (Lipinski definition) is 2. The van der Waals surface area contributed by atoms with Gasteiger partial charge in [0.15, 0.2) is 0 Å². The molecule has 0 bridgehead atoms. The lowest BCUT2D eigenvalue weighted by molar-refractivity contribution is -0.139. The van der Waals surface area contributed by atoms with Crippen LogP contribution in [0.25, 0.3) is 10.8 Å². The number of anilines is 2. The number of urea groups is 1. The molecule has 2 amide bonds. The third kappa shape index (κ3) is 4.17. The van der Waals surface area contributed by atoms with Gasteiger partial charge in [-0.25, -0.2) is 9.59 Å². The van der Waals surface area contributed by atoms with Gasteiger partial charge in [-0.1, -0.05) is 78.9 Å². The monoisotopic (exact) mass is 436 g/mol. The number of nitrogens with one attached hydrogen (secondary N) is 1. The van der Waals surface area contributed by atoms with E-state index in [0.717, 1.165) is 51.7 Å². The number of benzene rings is 4. The fourth-order valence-electron chi connectivity index (χ4n) is 4.51. The number of carbonyl (C=O) groups is 2. The summed E-state index contributed by atoms with van der Waals surface area (Å²) < 4.78 is 0. The number of para-hydroxylation sites is 2. The molecule has 0 radical (unpaired) electrons. The second-order valence-corrected chi connectivity index (χ2v) is 8.32. The zero-order chi connectivity index (χ0) is 22.8. The number of carboxylic acids is 1. The molecule has 0 unspecified atom stereocenters. The number of aliphatic carboxylic acids is 1. The first-order valence-electron chi connectivity index (χ1n) is 11.1. The van der Waals surface area contributed by atoms with Gasteiger partial charge in [-0.05, 0) is 52.4 Å². The van der Waals surface area contributed by atoms with E-state index >= 15 is 0 Å². The second-order valence-electron chi connectivity index (χ2n) is 8.32. The van der Waals surface area contributed by atoms with Crippen molar-refractivity contribution in [3.63, 3.8) is 0 Å². The molecule has 1 heterocycles. The van der Waals surface area contributed by atoms with E-state index in [9.17, 15) is 14.7 Å². The van der Waals surface area contributed by atoms with Crippen LogP contribution in [-0.4, -0.2) is 23.1 Å². The Kier molecular flexibility index (Phi) is 5.53. The van der Waals surface area contributed by atoms with Crippen LogP contribution in [0, 0.1) is 0 Å². The number of fused-ring (bicyclic) bond motifs is 3. The highest BCUT2D eigenvalue weighted by Crippen LogP contribution is 2.36. The SMILES string of the molecule is O=C(O)[C@@H](Cc1ccc2ccccc2c1)NC(=O)N1c2ccccc2CCc2ccccc21. The third-order valence-corrected chi connectivity index (χ3v) is 6.18. The Bertz CT molecular complexity index is 1300. The van der Waals surface area contributed by atoms with Crippen molar-refractivity contribution in [2.24, 2.45) is 0 Å². The molecule has 5 heteroatoms. The number of hydrogen-bond donors (Lipinski definition) is 2. The highest BCUT2D eigenvalue weighted by atomic mass is 16.4. The maximum Gasteiger partial charge on any atom is 0.327 e. The van der Waals surface area contributed by atoms with Crippen molar-refractivity contribution in [2.75, 3.05) is 4.90 Å². The highest BCUT2D eigenvalue weighted by Gasteiger charge is 2.29. The van der Waals surface area contributed by atoms with Crippen LogP contribution in [0.5, 0.6) is 0 Å². The van der Waals surface area contributed by atoms with Crippen LogP contribution in [-0.2, 0) is 24.1 Å². The molecule has 0 aromatic heterocycles. The molecule has 5 nitrogen and oxygen atoms in total. The standard InChI is InChI=1S/C28H24N2O3/c31-27(32)24(18-19-13-14-20-7-1-2-10-23(20)17-19)29-28(33)30-25-11-5-3-8-21(25)15-16-22-9-4-6-12-26(22)30/h1-14,17,24H,15-16,18H2,(H,29,33)(H,31,32)/t24-/m1/s1. The Balaban J connectivity index is 1.46. The summed E-state index contributed by atoms with van der Waals surface area (Å²) in [5, 5.41) is 14.8. The molecule has 2 N–H and O–H groups in total. The largest absolute Gasteiger partial charge is 0.480 e. The minimum absolute atomic E-state index is 0.197. The summed E-state index contributed by atoms with van der Waals surface area (Å²) in [7, 11) is 0. The summed E-state index contributed by atoms with van der Waals surface area (Å²) in [5.41, 5.74) is 4.55. The lowest BCUT2D eigenvalue weighted by atomic mass is 10.0.